The van der Waals surface area contributed by atoms with Crippen molar-refractivity contribution in [1.82, 2.24) is 9.13 Å². The zero-order valence-corrected chi connectivity index (χ0v) is 25.8. The van der Waals surface area contributed by atoms with E-state index in [4.69, 9.17) is 13.1 Å². The van der Waals surface area contributed by atoms with Gasteiger partial charge in [-0.15, -0.1) is 0 Å². The Labute approximate surface area is 277 Å². The summed E-state index contributed by atoms with van der Waals surface area (Å²) in [6, 6.07) is 54.2. The summed E-state index contributed by atoms with van der Waals surface area (Å²) >= 11 is 0. The second-order valence-corrected chi connectivity index (χ2v) is 11.9. The van der Waals surface area contributed by atoms with E-state index >= 15 is 0 Å². The Morgan fingerprint density at radius 3 is 1.52 bits per heavy atom. The molecule has 0 aliphatic heterocycles. The summed E-state index contributed by atoms with van der Waals surface area (Å²) in [7, 11) is 0. The van der Waals surface area contributed by atoms with Gasteiger partial charge < -0.3 is 9.13 Å². The lowest BCUT2D eigenvalue weighted by atomic mass is 9.91. The van der Waals surface area contributed by atoms with Crippen LogP contribution in [0.5, 0.6) is 0 Å². The van der Waals surface area contributed by atoms with Gasteiger partial charge in [-0.1, -0.05) is 115 Å². The van der Waals surface area contributed by atoms with Crippen LogP contribution in [-0.4, -0.2) is 9.13 Å². The van der Waals surface area contributed by atoms with Crippen LogP contribution in [0.15, 0.2) is 158 Å². The van der Waals surface area contributed by atoms with E-state index in [2.05, 4.69) is 146 Å². The van der Waals surface area contributed by atoms with E-state index in [9.17, 15) is 0 Å². The molecule has 222 valence electrons. The van der Waals surface area contributed by atoms with Gasteiger partial charge in [-0.05, 0) is 64.7 Å². The number of rotatable bonds is 4. The molecule has 0 atom stereocenters. The molecule has 4 heteroatoms. The number of hydrogen-bond acceptors (Lipinski definition) is 0. The fourth-order valence-corrected chi connectivity index (χ4v) is 7.34. The van der Waals surface area contributed by atoms with Crippen molar-refractivity contribution in [1.29, 1.82) is 0 Å². The molecule has 0 spiro atoms. The lowest BCUT2D eigenvalue weighted by Crippen LogP contribution is -1.99. The first-order chi connectivity index (χ1) is 23.7. The molecule has 4 nitrogen and oxygen atoms in total. The maximum atomic E-state index is 8.28. The van der Waals surface area contributed by atoms with E-state index in [1.165, 1.54) is 10.8 Å². The van der Waals surface area contributed by atoms with Crippen LogP contribution in [0.4, 0.5) is 11.4 Å². The molecule has 2 aromatic heterocycles. The Hall–Kier alpha value is -6.88. The summed E-state index contributed by atoms with van der Waals surface area (Å²) < 4.78 is 4.56. The molecule has 2 heterocycles. The minimum Gasteiger partial charge on any atom is -0.310 e. The molecule has 0 saturated heterocycles. The van der Waals surface area contributed by atoms with Gasteiger partial charge in [0.25, 0.3) is 0 Å². The average molecular weight is 611 g/mol. The lowest BCUT2D eigenvalue weighted by Gasteiger charge is -2.19. The van der Waals surface area contributed by atoms with Gasteiger partial charge in [-0.25, -0.2) is 9.69 Å². The molecule has 0 aliphatic rings. The van der Waals surface area contributed by atoms with Crippen molar-refractivity contribution in [3.8, 4) is 33.6 Å². The zero-order chi connectivity index (χ0) is 32.2. The van der Waals surface area contributed by atoms with Crippen molar-refractivity contribution in [3.05, 3.63) is 181 Å². The summed E-state index contributed by atoms with van der Waals surface area (Å²) in [4.78, 5) is 7.87. The first-order valence-corrected chi connectivity index (χ1v) is 15.8. The molecule has 0 saturated carbocycles. The predicted octanol–water partition coefficient (Wildman–Crippen LogP) is 12.3. The summed E-state index contributed by atoms with van der Waals surface area (Å²) in [6.45, 7) is 16.2. The smallest absolute Gasteiger partial charge is 0.195 e. The zero-order valence-electron chi connectivity index (χ0n) is 25.8. The molecule has 0 N–H and O–H groups in total. The quantitative estimate of drug-likeness (QED) is 0.177. The second-order valence-electron chi connectivity index (χ2n) is 11.9. The SMILES string of the molecule is [C-]#[N+]c1ccc(-c2c([N+]#[C-])cccc2-c2cccc(-n3c4ccccc4c4ccccc43)c2)c(-n2c3ccccc3c3ccccc32)c1. The fraction of sp³-hybridized carbons (Fsp3) is 0. The van der Waals surface area contributed by atoms with Gasteiger partial charge in [0, 0.05) is 32.9 Å². The highest BCUT2D eigenvalue weighted by molar-refractivity contribution is 6.11. The fourth-order valence-electron chi connectivity index (χ4n) is 7.34. The molecule has 0 radical (unpaired) electrons. The first-order valence-electron chi connectivity index (χ1n) is 15.8. The number of hydrogen-bond donors (Lipinski definition) is 0. The maximum absolute atomic E-state index is 8.28. The minimum atomic E-state index is 0.547. The van der Waals surface area contributed by atoms with Crippen molar-refractivity contribution >= 4 is 55.0 Å². The summed E-state index contributed by atoms with van der Waals surface area (Å²) in [5, 5.41) is 4.71. The Balaban J connectivity index is 1.32. The van der Waals surface area contributed by atoms with Gasteiger partial charge in [-0.3, -0.25) is 0 Å². The molecular formula is C44H26N4. The van der Waals surface area contributed by atoms with E-state index < -0.39 is 0 Å². The Kier molecular flexibility index (Phi) is 6.22. The molecule has 0 aliphatic carbocycles. The Bertz CT molecular complexity index is 2710. The van der Waals surface area contributed by atoms with Crippen molar-refractivity contribution in [2.24, 2.45) is 0 Å². The minimum absolute atomic E-state index is 0.547. The molecule has 9 aromatic rings. The van der Waals surface area contributed by atoms with Crippen LogP contribution < -0.4 is 0 Å². The normalized spacial score (nSPS) is 11.3. The van der Waals surface area contributed by atoms with E-state index in [0.29, 0.717) is 11.4 Å². The monoisotopic (exact) mass is 610 g/mol. The number of fused-ring (bicyclic) bond motifs is 6. The maximum Gasteiger partial charge on any atom is 0.195 e. The highest BCUT2D eigenvalue weighted by atomic mass is 15.0. The predicted molar refractivity (Wildman–Crippen MR) is 199 cm³/mol. The standard InChI is InChI=1S/C44H26N4/c1-45-30-25-26-37(43(28-30)48-41-23-9-5-17-35(41)36-18-6-10-24-42(36)48)44-32(19-12-20-38(44)46-2)29-13-11-14-31(27-29)47-39-21-7-3-15-33(39)34-16-4-8-22-40(34)47/h3-28H. The van der Waals surface area contributed by atoms with Crippen LogP contribution in [0, 0.1) is 13.1 Å². The van der Waals surface area contributed by atoms with Crippen molar-refractivity contribution < 1.29 is 0 Å². The van der Waals surface area contributed by atoms with Gasteiger partial charge in [-0.2, -0.15) is 0 Å². The highest BCUT2D eigenvalue weighted by Crippen LogP contribution is 2.45. The van der Waals surface area contributed by atoms with Crippen LogP contribution in [0.2, 0.25) is 0 Å². The lowest BCUT2D eigenvalue weighted by molar-refractivity contribution is 1.18. The molecular weight excluding hydrogens is 585 g/mol. The van der Waals surface area contributed by atoms with E-state index in [-0.39, 0.29) is 0 Å². The molecule has 7 aromatic carbocycles. The summed E-state index contributed by atoms with van der Waals surface area (Å²) in [5.41, 5.74) is 11.2. The Morgan fingerprint density at radius 1 is 0.417 bits per heavy atom. The highest BCUT2D eigenvalue weighted by Gasteiger charge is 2.21. The molecule has 0 bridgehead atoms. The number of para-hydroxylation sites is 4. The van der Waals surface area contributed by atoms with Crippen LogP contribution in [-0.2, 0) is 0 Å². The second kappa shape index (κ2) is 10.9. The van der Waals surface area contributed by atoms with Crippen molar-refractivity contribution in [2.45, 2.75) is 0 Å². The van der Waals surface area contributed by atoms with Gasteiger partial charge in [0.05, 0.1) is 35.2 Å². The van der Waals surface area contributed by atoms with E-state index in [1.807, 2.05) is 30.3 Å². The van der Waals surface area contributed by atoms with Gasteiger partial charge in [0.1, 0.15) is 0 Å². The molecule has 0 unspecified atom stereocenters. The molecule has 48 heavy (non-hydrogen) atoms. The van der Waals surface area contributed by atoms with Gasteiger partial charge in [0.2, 0.25) is 0 Å². The molecule has 0 amide bonds. The van der Waals surface area contributed by atoms with E-state index in [1.54, 1.807) is 0 Å². The Morgan fingerprint density at radius 2 is 0.958 bits per heavy atom. The summed E-state index contributed by atoms with van der Waals surface area (Å²) in [6.07, 6.45) is 0. The van der Waals surface area contributed by atoms with Crippen LogP contribution in [0.25, 0.3) is 86.9 Å². The largest absolute Gasteiger partial charge is 0.310 e. The van der Waals surface area contributed by atoms with Crippen LogP contribution in [0.3, 0.4) is 0 Å². The average Bonchev–Trinajstić information content (AvgIpc) is 3.67. The molecule has 9 rings (SSSR count). The topological polar surface area (TPSA) is 18.6 Å². The third-order valence-corrected chi connectivity index (χ3v) is 9.36. The van der Waals surface area contributed by atoms with Gasteiger partial charge in [0.15, 0.2) is 11.4 Å². The number of aromatic nitrogens is 2. The van der Waals surface area contributed by atoms with Crippen molar-refractivity contribution in [3.63, 3.8) is 0 Å². The number of nitrogens with zero attached hydrogens (tertiary/aromatic N) is 4. The number of benzene rings is 7. The van der Waals surface area contributed by atoms with E-state index in [0.717, 1.165) is 66.5 Å². The van der Waals surface area contributed by atoms with Crippen molar-refractivity contribution in [2.75, 3.05) is 0 Å². The summed E-state index contributed by atoms with van der Waals surface area (Å²) in [5.74, 6) is 0. The van der Waals surface area contributed by atoms with Gasteiger partial charge >= 0.3 is 0 Å². The van der Waals surface area contributed by atoms with Crippen LogP contribution >= 0.6 is 0 Å². The first kappa shape index (κ1) is 27.4. The molecule has 0 fully saturated rings. The van der Waals surface area contributed by atoms with Crippen LogP contribution in [0.1, 0.15) is 0 Å². The third-order valence-electron chi connectivity index (χ3n) is 9.36. The third kappa shape index (κ3) is 4.07.